The van der Waals surface area contributed by atoms with E-state index < -0.39 is 10.4 Å². The summed E-state index contributed by atoms with van der Waals surface area (Å²) in [6.07, 6.45) is 0. The summed E-state index contributed by atoms with van der Waals surface area (Å²) in [6.45, 7) is 2.30. The highest BCUT2D eigenvalue weighted by atomic mass is 32.3. The van der Waals surface area contributed by atoms with E-state index in [9.17, 15) is 0 Å². The van der Waals surface area contributed by atoms with Crippen LogP contribution in [-0.4, -0.2) is 30.1 Å². The fourth-order valence-electron chi connectivity index (χ4n) is 0.139. The zero-order valence-electron chi connectivity index (χ0n) is 6.34. The van der Waals surface area contributed by atoms with Crippen molar-refractivity contribution in [3.8, 4) is 0 Å². The van der Waals surface area contributed by atoms with Crippen LogP contribution in [0.25, 0.3) is 0 Å². The number of oxime groups is 1. The lowest BCUT2D eigenvalue weighted by atomic mass is 10.9. The molecular formula is C3H11N3O5S. The van der Waals surface area contributed by atoms with Crippen LogP contribution in [0, 0.1) is 0 Å². The van der Waals surface area contributed by atoms with Gasteiger partial charge >= 0.3 is 10.4 Å². The van der Waals surface area contributed by atoms with Crippen LogP contribution in [0.5, 0.6) is 0 Å². The molecule has 0 bridgehead atoms. The van der Waals surface area contributed by atoms with E-state index in [-0.39, 0.29) is 5.96 Å². The maximum absolute atomic E-state index is 8.74. The van der Waals surface area contributed by atoms with Gasteiger partial charge in [0, 0.05) is 0 Å². The fraction of sp³-hybridized carbons (Fsp3) is 0.667. The maximum Gasteiger partial charge on any atom is 0.394 e. The second kappa shape index (κ2) is 6.64. The molecule has 0 amide bonds. The van der Waals surface area contributed by atoms with E-state index in [2.05, 4.69) is 9.99 Å². The van der Waals surface area contributed by atoms with Gasteiger partial charge in [0.1, 0.15) is 6.61 Å². The molecule has 0 aromatic rings. The highest BCUT2D eigenvalue weighted by Gasteiger charge is 1.84. The van der Waals surface area contributed by atoms with Crippen molar-refractivity contribution in [1.29, 1.82) is 0 Å². The van der Waals surface area contributed by atoms with Gasteiger partial charge in [0.25, 0.3) is 0 Å². The van der Waals surface area contributed by atoms with Gasteiger partial charge in [0.05, 0.1) is 0 Å². The molecule has 0 aromatic carbocycles. The Balaban J connectivity index is 0. The third-order valence-electron chi connectivity index (χ3n) is 0.299. The van der Waals surface area contributed by atoms with E-state index >= 15 is 0 Å². The van der Waals surface area contributed by atoms with Crippen LogP contribution >= 0.6 is 0 Å². The SMILES string of the molecule is CCON=C(N)N.O=S(=O)(O)O. The molecule has 0 radical (unpaired) electrons. The van der Waals surface area contributed by atoms with Crippen LogP contribution in [0.4, 0.5) is 0 Å². The molecule has 8 nitrogen and oxygen atoms in total. The lowest BCUT2D eigenvalue weighted by Gasteiger charge is -1.89. The van der Waals surface area contributed by atoms with Crippen LogP contribution in [0.1, 0.15) is 6.92 Å². The first-order valence-electron chi connectivity index (χ1n) is 2.68. The summed E-state index contributed by atoms with van der Waals surface area (Å²) < 4.78 is 31.6. The largest absolute Gasteiger partial charge is 0.394 e. The first kappa shape index (κ1) is 13.5. The lowest BCUT2D eigenvalue weighted by Crippen LogP contribution is -2.22. The van der Waals surface area contributed by atoms with E-state index in [1.165, 1.54) is 0 Å². The molecule has 0 aliphatic heterocycles. The second-order valence-electron chi connectivity index (χ2n) is 1.38. The van der Waals surface area contributed by atoms with Crippen molar-refractivity contribution in [2.45, 2.75) is 6.92 Å². The number of rotatable bonds is 2. The Morgan fingerprint density at radius 3 is 1.92 bits per heavy atom. The molecule has 12 heavy (non-hydrogen) atoms. The average molecular weight is 201 g/mol. The zero-order valence-corrected chi connectivity index (χ0v) is 7.15. The molecule has 0 aromatic heterocycles. The van der Waals surface area contributed by atoms with Gasteiger partial charge in [-0.25, -0.2) is 0 Å². The molecular weight excluding hydrogens is 190 g/mol. The molecule has 0 saturated heterocycles. The van der Waals surface area contributed by atoms with Crippen molar-refractivity contribution < 1.29 is 22.4 Å². The average Bonchev–Trinajstić information content (AvgIpc) is 1.79. The van der Waals surface area contributed by atoms with Crippen LogP contribution in [0.3, 0.4) is 0 Å². The predicted octanol–water partition coefficient (Wildman–Crippen LogP) is -1.44. The van der Waals surface area contributed by atoms with Crippen molar-refractivity contribution in [2.75, 3.05) is 6.61 Å². The molecule has 6 N–H and O–H groups in total. The lowest BCUT2D eigenvalue weighted by molar-refractivity contribution is 0.158. The summed E-state index contributed by atoms with van der Waals surface area (Å²) in [7, 11) is -4.67. The Bertz CT molecular complexity index is 210. The summed E-state index contributed by atoms with van der Waals surface area (Å²) in [5, 5.41) is 3.22. The topological polar surface area (TPSA) is 148 Å². The van der Waals surface area contributed by atoms with Gasteiger partial charge in [-0.15, -0.1) is 0 Å². The molecule has 0 aliphatic carbocycles. The smallest absolute Gasteiger partial charge is 0.393 e. The standard InChI is InChI=1S/C3H9N3O.H2O4S/c1-2-7-6-3(4)5;1-5(2,3)4/h2H2,1H3,(H4,4,5,6);(H2,1,2,3,4). The van der Waals surface area contributed by atoms with Gasteiger partial charge in [-0.05, 0) is 12.1 Å². The quantitative estimate of drug-likeness (QED) is 0.185. The molecule has 0 heterocycles. The molecule has 74 valence electrons. The molecule has 0 saturated carbocycles. The van der Waals surface area contributed by atoms with Crippen LogP contribution in [0.2, 0.25) is 0 Å². The highest BCUT2D eigenvalue weighted by Crippen LogP contribution is 1.68. The van der Waals surface area contributed by atoms with Crippen LogP contribution in [0.15, 0.2) is 5.16 Å². The van der Waals surface area contributed by atoms with Gasteiger partial charge < -0.3 is 16.3 Å². The van der Waals surface area contributed by atoms with Gasteiger partial charge in [0.15, 0.2) is 0 Å². The number of guanidine groups is 1. The Hall–Kier alpha value is -1.06. The van der Waals surface area contributed by atoms with E-state index in [0.29, 0.717) is 6.61 Å². The second-order valence-corrected chi connectivity index (χ2v) is 2.28. The monoisotopic (exact) mass is 201 g/mol. The van der Waals surface area contributed by atoms with Gasteiger partial charge in [-0.2, -0.15) is 8.42 Å². The summed E-state index contributed by atoms with van der Waals surface area (Å²) in [5.74, 6) is -0.0400. The van der Waals surface area contributed by atoms with Crippen molar-refractivity contribution in [3.63, 3.8) is 0 Å². The Morgan fingerprint density at radius 1 is 1.50 bits per heavy atom. The molecule has 0 unspecified atom stereocenters. The Morgan fingerprint density at radius 2 is 1.83 bits per heavy atom. The maximum atomic E-state index is 8.74. The van der Waals surface area contributed by atoms with Gasteiger partial charge in [-0.3, -0.25) is 9.11 Å². The summed E-state index contributed by atoms with van der Waals surface area (Å²) in [5.41, 5.74) is 9.76. The minimum Gasteiger partial charge on any atom is -0.393 e. The molecule has 9 heteroatoms. The molecule has 0 spiro atoms. The van der Waals surface area contributed by atoms with E-state index in [1.807, 2.05) is 0 Å². The van der Waals surface area contributed by atoms with Crippen molar-refractivity contribution in [1.82, 2.24) is 0 Å². The van der Waals surface area contributed by atoms with Gasteiger partial charge in [0.2, 0.25) is 5.96 Å². The summed E-state index contributed by atoms with van der Waals surface area (Å²) >= 11 is 0. The third-order valence-corrected chi connectivity index (χ3v) is 0.299. The number of hydrogen-bond donors (Lipinski definition) is 4. The fourth-order valence-corrected chi connectivity index (χ4v) is 0.139. The highest BCUT2D eigenvalue weighted by molar-refractivity contribution is 7.79. The molecule has 0 fully saturated rings. The summed E-state index contributed by atoms with van der Waals surface area (Å²) in [4.78, 5) is 4.43. The molecule has 0 aliphatic rings. The van der Waals surface area contributed by atoms with Crippen LogP contribution < -0.4 is 11.5 Å². The number of nitrogens with two attached hydrogens (primary N) is 2. The first-order chi connectivity index (χ1) is 5.27. The minimum absolute atomic E-state index is 0.0400. The zero-order chi connectivity index (χ0) is 10.2. The predicted molar refractivity (Wildman–Crippen MR) is 41.6 cm³/mol. The summed E-state index contributed by atoms with van der Waals surface area (Å²) in [6, 6.07) is 0. The van der Waals surface area contributed by atoms with Crippen molar-refractivity contribution >= 4 is 16.4 Å². The van der Waals surface area contributed by atoms with E-state index in [1.54, 1.807) is 6.92 Å². The van der Waals surface area contributed by atoms with E-state index in [4.69, 9.17) is 29.0 Å². The Kier molecular flexibility index (Phi) is 7.48. The normalized spacial score (nSPS) is 9.25. The van der Waals surface area contributed by atoms with Crippen LogP contribution in [-0.2, 0) is 15.2 Å². The number of hydrogen-bond acceptors (Lipinski definition) is 4. The third kappa shape index (κ3) is 65.2. The van der Waals surface area contributed by atoms with Gasteiger partial charge in [-0.1, -0.05) is 0 Å². The molecule has 0 rings (SSSR count). The number of nitrogens with zero attached hydrogens (tertiary/aromatic N) is 1. The minimum atomic E-state index is -4.67. The van der Waals surface area contributed by atoms with Crippen molar-refractivity contribution in [2.24, 2.45) is 16.6 Å². The van der Waals surface area contributed by atoms with E-state index in [0.717, 1.165) is 0 Å². The molecule has 0 atom stereocenters. The first-order valence-corrected chi connectivity index (χ1v) is 4.07. The Labute approximate surface area is 69.7 Å². The van der Waals surface area contributed by atoms with Crippen molar-refractivity contribution in [3.05, 3.63) is 0 Å².